The van der Waals surface area contributed by atoms with Gasteiger partial charge in [-0.05, 0) is 24.5 Å². The molecule has 2 aliphatic rings. The zero-order chi connectivity index (χ0) is 16.5. The van der Waals surface area contributed by atoms with Crippen LogP contribution >= 0.6 is 11.6 Å². The van der Waals surface area contributed by atoms with Crippen LogP contribution < -0.4 is 0 Å². The van der Waals surface area contributed by atoms with Gasteiger partial charge in [-0.1, -0.05) is 49.1 Å². The van der Waals surface area contributed by atoms with Crippen LogP contribution in [0.1, 0.15) is 49.1 Å². The average Bonchev–Trinajstić information content (AvgIpc) is 3.10. The minimum Gasteiger partial charge on any atom is -0.306 e. The van der Waals surface area contributed by atoms with Gasteiger partial charge in [-0.15, -0.1) is 0 Å². The van der Waals surface area contributed by atoms with E-state index in [4.69, 9.17) is 23.2 Å². The van der Waals surface area contributed by atoms with Crippen molar-refractivity contribution < 1.29 is 0 Å². The lowest BCUT2D eigenvalue weighted by Gasteiger charge is -2.30. The zero-order valence-electron chi connectivity index (χ0n) is 13.4. The number of rotatable bonds is 2. The van der Waals surface area contributed by atoms with E-state index in [1.54, 1.807) is 6.20 Å². The van der Waals surface area contributed by atoms with Crippen molar-refractivity contribution in [1.82, 2.24) is 10.2 Å². The molecule has 1 N–H and O–H groups in total. The third-order valence-corrected chi connectivity index (χ3v) is 5.59. The molecule has 1 saturated carbocycles. The van der Waals surface area contributed by atoms with Gasteiger partial charge in [-0.3, -0.25) is 5.10 Å². The second-order valence-electron chi connectivity index (χ2n) is 6.62. The summed E-state index contributed by atoms with van der Waals surface area (Å²) in [5.41, 5.74) is 2.99. The fourth-order valence-electron chi connectivity index (χ4n) is 4.08. The topological polar surface area (TPSA) is 45.4 Å². The van der Waals surface area contributed by atoms with E-state index in [2.05, 4.69) is 15.0 Å². The summed E-state index contributed by atoms with van der Waals surface area (Å²) in [6.07, 6.45) is 7.79. The molecule has 0 bridgehead atoms. The Kier molecular flexibility index (Phi) is 4.12. The van der Waals surface area contributed by atoms with Crippen LogP contribution in [-0.2, 0) is 0 Å². The fourth-order valence-corrected chi connectivity index (χ4v) is 4.33. The number of nitrogens with zero attached hydrogens (tertiary/aromatic N) is 3. The summed E-state index contributed by atoms with van der Waals surface area (Å²) in [4.78, 5) is 8.83. The highest BCUT2D eigenvalue weighted by Crippen LogP contribution is 2.44. The third kappa shape index (κ3) is 2.53. The number of hydrogen-bond acceptors (Lipinski definition) is 2. The molecule has 2 aromatic rings. The normalized spacial score (nSPS) is 24.1. The van der Waals surface area contributed by atoms with Gasteiger partial charge in [0, 0.05) is 16.5 Å². The first-order valence-electron chi connectivity index (χ1n) is 8.52. The Labute approximate surface area is 146 Å². The van der Waals surface area contributed by atoms with Crippen molar-refractivity contribution in [2.45, 2.75) is 44.1 Å². The number of H-pyrrole nitrogens is 1. The van der Waals surface area contributed by atoms with Crippen molar-refractivity contribution >= 4 is 23.1 Å². The number of aliphatic imine (C=N–C) groups is 1. The highest BCUT2D eigenvalue weighted by Gasteiger charge is 2.43. The van der Waals surface area contributed by atoms with Gasteiger partial charge in [0.15, 0.2) is 5.82 Å². The molecule has 1 aromatic carbocycles. The van der Waals surface area contributed by atoms with E-state index in [1.807, 2.05) is 24.3 Å². The Hall–Kier alpha value is -2.12. The highest BCUT2D eigenvalue weighted by atomic mass is 35.5. The van der Waals surface area contributed by atoms with Crippen LogP contribution in [0.3, 0.4) is 0 Å². The Bertz CT molecular complexity index is 811. The molecule has 0 spiro atoms. The zero-order valence-corrected chi connectivity index (χ0v) is 14.1. The predicted molar refractivity (Wildman–Crippen MR) is 95.9 cm³/mol. The molecule has 5 heteroatoms. The molecule has 2 unspecified atom stereocenters. The number of hydrogen-bond donors (Lipinski definition) is 1. The van der Waals surface area contributed by atoms with Crippen molar-refractivity contribution in [2.75, 3.05) is 0 Å². The molecule has 1 aliphatic carbocycles. The van der Waals surface area contributed by atoms with Crippen LogP contribution in [0.4, 0.5) is 5.82 Å². The molecule has 4 nitrogen and oxygen atoms in total. The van der Waals surface area contributed by atoms with E-state index in [0.717, 1.165) is 35.5 Å². The number of nitrogens with one attached hydrogen (secondary N) is 1. The van der Waals surface area contributed by atoms with Gasteiger partial charge in [-0.25, -0.2) is 11.6 Å². The van der Waals surface area contributed by atoms with Crippen LogP contribution in [0, 0.1) is 12.5 Å². The number of aromatic nitrogens is 2. The first kappa shape index (κ1) is 15.4. The molecule has 1 aliphatic heterocycles. The van der Waals surface area contributed by atoms with Crippen LogP contribution in [0.2, 0.25) is 5.02 Å². The summed E-state index contributed by atoms with van der Waals surface area (Å²) in [7, 11) is 0. The van der Waals surface area contributed by atoms with E-state index < -0.39 is 0 Å². The molecule has 0 radical (unpaired) electrons. The maximum absolute atomic E-state index is 7.86. The lowest BCUT2D eigenvalue weighted by atomic mass is 9.75. The van der Waals surface area contributed by atoms with Gasteiger partial charge in [0.1, 0.15) is 5.71 Å². The van der Waals surface area contributed by atoms with Gasteiger partial charge in [0.25, 0.3) is 6.04 Å². The van der Waals surface area contributed by atoms with E-state index in [-0.39, 0.29) is 12.0 Å². The molecule has 4 rings (SSSR count). The SMILES string of the molecule is [C-]#[N+]C1C(C2CCCCC2)=Nc2[nH]ncc2C1c1ccccc1Cl. The number of aromatic amines is 1. The summed E-state index contributed by atoms with van der Waals surface area (Å²) < 4.78 is 0. The van der Waals surface area contributed by atoms with Gasteiger partial charge >= 0.3 is 0 Å². The van der Waals surface area contributed by atoms with Gasteiger partial charge in [0.2, 0.25) is 0 Å². The second kappa shape index (κ2) is 6.41. The van der Waals surface area contributed by atoms with Crippen molar-refractivity contribution in [3.8, 4) is 0 Å². The maximum Gasteiger partial charge on any atom is 0.272 e. The lowest BCUT2D eigenvalue weighted by Crippen LogP contribution is -2.35. The smallest absolute Gasteiger partial charge is 0.272 e. The highest BCUT2D eigenvalue weighted by molar-refractivity contribution is 6.31. The molecular weight excluding hydrogens is 320 g/mol. The van der Waals surface area contributed by atoms with Gasteiger partial charge < -0.3 is 4.85 Å². The third-order valence-electron chi connectivity index (χ3n) is 5.25. The van der Waals surface area contributed by atoms with Crippen molar-refractivity contribution in [1.29, 1.82) is 0 Å². The first-order valence-corrected chi connectivity index (χ1v) is 8.90. The molecule has 1 fully saturated rings. The molecule has 1 aromatic heterocycles. The Balaban J connectivity index is 1.83. The Morgan fingerprint density at radius 1 is 1.12 bits per heavy atom. The van der Waals surface area contributed by atoms with Crippen LogP contribution in [0.25, 0.3) is 4.85 Å². The molecule has 122 valence electrons. The number of halogens is 1. The first-order chi connectivity index (χ1) is 11.8. The largest absolute Gasteiger partial charge is 0.306 e. The van der Waals surface area contributed by atoms with E-state index in [9.17, 15) is 0 Å². The minimum atomic E-state index is -0.293. The summed E-state index contributed by atoms with van der Waals surface area (Å²) in [6, 6.07) is 7.52. The molecule has 0 saturated heterocycles. The standard InChI is InChI=1S/C19H19ClN4/c1-21-18-16(13-9-5-6-10-15(13)20)14-11-22-24-19(14)23-17(18)12-7-3-2-4-8-12/h5-6,9-12,16,18H,2-4,7-8H2,(H,22,24). The van der Waals surface area contributed by atoms with Crippen LogP contribution in [0.15, 0.2) is 35.5 Å². The van der Waals surface area contributed by atoms with Crippen molar-refractivity contribution in [2.24, 2.45) is 10.9 Å². The van der Waals surface area contributed by atoms with Crippen LogP contribution in [0.5, 0.6) is 0 Å². The average molecular weight is 339 g/mol. The summed E-state index contributed by atoms with van der Waals surface area (Å²) >= 11 is 6.47. The molecule has 0 amide bonds. The second-order valence-corrected chi connectivity index (χ2v) is 7.03. The number of fused-ring (bicyclic) bond motifs is 1. The maximum atomic E-state index is 7.86. The monoisotopic (exact) mass is 338 g/mol. The molecule has 2 heterocycles. The van der Waals surface area contributed by atoms with Crippen LogP contribution in [-0.4, -0.2) is 22.0 Å². The Morgan fingerprint density at radius 2 is 1.92 bits per heavy atom. The molecule has 2 atom stereocenters. The van der Waals surface area contributed by atoms with Gasteiger partial charge in [0.05, 0.1) is 12.1 Å². The fraction of sp³-hybridized carbons (Fsp3) is 0.421. The number of benzene rings is 1. The summed E-state index contributed by atoms with van der Waals surface area (Å²) in [5.74, 6) is 1.10. The van der Waals surface area contributed by atoms with E-state index in [1.165, 1.54) is 19.3 Å². The predicted octanol–water partition coefficient (Wildman–Crippen LogP) is 5.15. The van der Waals surface area contributed by atoms with Crippen molar-refractivity contribution in [3.05, 3.63) is 58.0 Å². The lowest BCUT2D eigenvalue weighted by molar-refractivity contribution is 0.431. The Morgan fingerprint density at radius 3 is 2.67 bits per heavy atom. The van der Waals surface area contributed by atoms with Crippen molar-refractivity contribution in [3.63, 3.8) is 0 Å². The van der Waals surface area contributed by atoms with Gasteiger partial charge in [-0.2, -0.15) is 5.10 Å². The van der Waals surface area contributed by atoms with E-state index >= 15 is 0 Å². The summed E-state index contributed by atoms with van der Waals surface area (Å²) in [5, 5.41) is 7.89. The van der Waals surface area contributed by atoms with E-state index in [0.29, 0.717) is 10.9 Å². The molecular formula is C19H19ClN4. The molecule has 24 heavy (non-hydrogen) atoms. The quantitative estimate of drug-likeness (QED) is 0.756. The summed E-state index contributed by atoms with van der Waals surface area (Å²) in [6.45, 7) is 7.86. The minimum absolute atomic E-state index is 0.0978.